The summed E-state index contributed by atoms with van der Waals surface area (Å²) in [6.07, 6.45) is 7.81. The monoisotopic (exact) mass is 294 g/mol. The smallest absolute Gasteiger partial charge is 0.265 e. The summed E-state index contributed by atoms with van der Waals surface area (Å²) in [6, 6.07) is 0. The Kier molecular flexibility index (Phi) is 5.73. The summed E-state index contributed by atoms with van der Waals surface area (Å²) in [5, 5.41) is 0. The third-order valence-corrected chi connectivity index (χ3v) is 4.57. The van der Waals surface area contributed by atoms with Crippen LogP contribution in [0.3, 0.4) is 0 Å². The molecular weight excluding hydrogens is 272 g/mol. The summed E-state index contributed by atoms with van der Waals surface area (Å²) in [7, 11) is 1.67. The molecule has 0 bridgehead atoms. The molecule has 0 aromatic carbocycles. The van der Waals surface area contributed by atoms with Gasteiger partial charge in [-0.15, -0.1) is 11.3 Å². The molecule has 4 nitrogen and oxygen atoms in total. The maximum atomic E-state index is 12.6. The molecule has 1 unspecified atom stereocenters. The van der Waals surface area contributed by atoms with Crippen LogP contribution in [0.5, 0.6) is 0 Å². The molecule has 0 N–H and O–H groups in total. The lowest BCUT2D eigenvalue weighted by Gasteiger charge is -2.28. The molecular formula is C15H22N2O2S. The standard InChI is InChI=1S/C15H22N2O2S/c1-12-14(20-11-16-12)15(18)17(8-9-19-2)10-13-6-4-3-5-7-13/h3-4,11,13H,5-10H2,1-2H3. The Labute approximate surface area is 124 Å². The Balaban J connectivity index is 2.04. The van der Waals surface area contributed by atoms with Crippen molar-refractivity contribution in [1.29, 1.82) is 0 Å². The van der Waals surface area contributed by atoms with Crippen molar-refractivity contribution in [1.82, 2.24) is 9.88 Å². The van der Waals surface area contributed by atoms with Gasteiger partial charge in [0.15, 0.2) is 0 Å². The number of nitrogens with zero attached hydrogens (tertiary/aromatic N) is 2. The number of aromatic nitrogens is 1. The molecule has 0 saturated heterocycles. The molecule has 2 rings (SSSR count). The van der Waals surface area contributed by atoms with Gasteiger partial charge in [0.05, 0.1) is 17.8 Å². The number of allylic oxidation sites excluding steroid dienone is 2. The lowest BCUT2D eigenvalue weighted by atomic mass is 9.94. The maximum Gasteiger partial charge on any atom is 0.265 e. The Morgan fingerprint density at radius 2 is 2.40 bits per heavy atom. The quantitative estimate of drug-likeness (QED) is 0.758. The summed E-state index contributed by atoms with van der Waals surface area (Å²) in [5.74, 6) is 0.658. The molecule has 0 saturated carbocycles. The van der Waals surface area contributed by atoms with Crippen LogP contribution < -0.4 is 0 Å². The second-order valence-electron chi connectivity index (χ2n) is 5.16. The number of hydrogen-bond acceptors (Lipinski definition) is 4. The number of carbonyl (C=O) groups excluding carboxylic acids is 1. The largest absolute Gasteiger partial charge is 0.383 e. The summed E-state index contributed by atoms with van der Waals surface area (Å²) < 4.78 is 5.14. The van der Waals surface area contributed by atoms with Gasteiger partial charge in [-0.25, -0.2) is 4.98 Å². The van der Waals surface area contributed by atoms with Crippen LogP contribution in [0.1, 0.15) is 34.6 Å². The Morgan fingerprint density at radius 1 is 1.55 bits per heavy atom. The Morgan fingerprint density at radius 3 is 3.00 bits per heavy atom. The molecule has 5 heteroatoms. The predicted molar refractivity (Wildman–Crippen MR) is 81.1 cm³/mol. The third-order valence-electron chi connectivity index (χ3n) is 3.65. The maximum absolute atomic E-state index is 12.6. The zero-order valence-corrected chi connectivity index (χ0v) is 13.0. The predicted octanol–water partition coefficient (Wildman–Crippen LogP) is 2.90. The van der Waals surface area contributed by atoms with Crippen LogP contribution >= 0.6 is 11.3 Å². The summed E-state index contributed by atoms with van der Waals surface area (Å²) in [4.78, 5) is 19.5. The van der Waals surface area contributed by atoms with Crippen molar-refractivity contribution < 1.29 is 9.53 Å². The lowest BCUT2D eigenvalue weighted by molar-refractivity contribution is 0.0662. The van der Waals surface area contributed by atoms with Crippen LogP contribution in [-0.4, -0.2) is 42.6 Å². The average Bonchev–Trinajstić information content (AvgIpc) is 2.90. The topological polar surface area (TPSA) is 42.4 Å². The van der Waals surface area contributed by atoms with E-state index in [-0.39, 0.29) is 5.91 Å². The van der Waals surface area contributed by atoms with Crippen LogP contribution in [0.4, 0.5) is 0 Å². The molecule has 1 heterocycles. The molecule has 1 aliphatic carbocycles. The number of thiazole rings is 1. The fourth-order valence-electron chi connectivity index (χ4n) is 2.46. The molecule has 1 amide bonds. The van der Waals surface area contributed by atoms with Crippen molar-refractivity contribution in [2.24, 2.45) is 5.92 Å². The van der Waals surface area contributed by atoms with Gasteiger partial charge in [0.1, 0.15) is 4.88 Å². The van der Waals surface area contributed by atoms with E-state index in [1.54, 1.807) is 12.6 Å². The number of carbonyl (C=O) groups is 1. The van der Waals surface area contributed by atoms with Crippen LogP contribution in [0.25, 0.3) is 0 Å². The van der Waals surface area contributed by atoms with Gasteiger partial charge in [0, 0.05) is 20.2 Å². The molecule has 0 aliphatic heterocycles. The van der Waals surface area contributed by atoms with Gasteiger partial charge in [0.25, 0.3) is 5.91 Å². The van der Waals surface area contributed by atoms with E-state index in [1.165, 1.54) is 11.3 Å². The highest BCUT2D eigenvalue weighted by Crippen LogP contribution is 2.21. The molecule has 1 aromatic heterocycles. The highest BCUT2D eigenvalue weighted by Gasteiger charge is 2.22. The molecule has 0 spiro atoms. The van der Waals surface area contributed by atoms with E-state index >= 15 is 0 Å². The molecule has 0 radical (unpaired) electrons. The Hall–Kier alpha value is -1.20. The first-order valence-corrected chi connectivity index (χ1v) is 7.93. The summed E-state index contributed by atoms with van der Waals surface area (Å²) in [6.45, 7) is 3.92. The van der Waals surface area contributed by atoms with E-state index in [2.05, 4.69) is 17.1 Å². The zero-order chi connectivity index (χ0) is 14.4. The molecule has 110 valence electrons. The highest BCUT2D eigenvalue weighted by atomic mass is 32.1. The first kappa shape index (κ1) is 15.2. The number of ether oxygens (including phenoxy) is 1. The number of rotatable bonds is 6. The number of hydrogen-bond donors (Lipinski definition) is 0. The van der Waals surface area contributed by atoms with Crippen molar-refractivity contribution >= 4 is 17.2 Å². The second kappa shape index (κ2) is 7.55. The van der Waals surface area contributed by atoms with E-state index in [4.69, 9.17) is 4.74 Å². The number of amides is 1. The third kappa shape index (κ3) is 3.90. The average molecular weight is 294 g/mol. The molecule has 1 aliphatic rings. The minimum absolute atomic E-state index is 0.0941. The van der Waals surface area contributed by atoms with E-state index in [0.717, 1.165) is 36.4 Å². The van der Waals surface area contributed by atoms with Gasteiger partial charge < -0.3 is 9.64 Å². The molecule has 20 heavy (non-hydrogen) atoms. The van der Waals surface area contributed by atoms with Gasteiger partial charge in [-0.1, -0.05) is 12.2 Å². The number of methoxy groups -OCH3 is 1. The Bertz CT molecular complexity index is 470. The van der Waals surface area contributed by atoms with Crippen molar-refractivity contribution in [3.05, 3.63) is 28.2 Å². The zero-order valence-electron chi connectivity index (χ0n) is 12.2. The lowest BCUT2D eigenvalue weighted by Crippen LogP contribution is -2.38. The minimum Gasteiger partial charge on any atom is -0.383 e. The fraction of sp³-hybridized carbons (Fsp3) is 0.600. The van der Waals surface area contributed by atoms with Crippen molar-refractivity contribution in [2.75, 3.05) is 26.8 Å². The summed E-state index contributed by atoms with van der Waals surface area (Å²) >= 11 is 1.42. The van der Waals surface area contributed by atoms with Crippen molar-refractivity contribution in [3.8, 4) is 0 Å². The number of aryl methyl sites for hydroxylation is 1. The van der Waals surface area contributed by atoms with Gasteiger partial charge in [-0.05, 0) is 32.1 Å². The van der Waals surface area contributed by atoms with Crippen LogP contribution in [0.15, 0.2) is 17.7 Å². The van der Waals surface area contributed by atoms with Gasteiger partial charge >= 0.3 is 0 Å². The van der Waals surface area contributed by atoms with Crippen LogP contribution in [0.2, 0.25) is 0 Å². The van der Waals surface area contributed by atoms with Gasteiger partial charge in [-0.3, -0.25) is 4.79 Å². The SMILES string of the molecule is COCCN(CC1CC=CCC1)C(=O)c1scnc1C. The van der Waals surface area contributed by atoms with E-state index < -0.39 is 0 Å². The normalized spacial score (nSPS) is 18.2. The first-order valence-electron chi connectivity index (χ1n) is 7.05. The van der Waals surface area contributed by atoms with E-state index in [0.29, 0.717) is 19.1 Å². The minimum atomic E-state index is 0.0941. The molecule has 1 aromatic rings. The first-order chi connectivity index (χ1) is 9.72. The molecule has 1 atom stereocenters. The van der Waals surface area contributed by atoms with Gasteiger partial charge in [0.2, 0.25) is 0 Å². The van der Waals surface area contributed by atoms with Crippen molar-refractivity contribution in [3.63, 3.8) is 0 Å². The van der Waals surface area contributed by atoms with Gasteiger partial charge in [-0.2, -0.15) is 0 Å². The van der Waals surface area contributed by atoms with E-state index in [1.807, 2.05) is 11.8 Å². The van der Waals surface area contributed by atoms with E-state index in [9.17, 15) is 4.79 Å². The van der Waals surface area contributed by atoms with Crippen LogP contribution in [-0.2, 0) is 4.74 Å². The van der Waals surface area contributed by atoms with Crippen molar-refractivity contribution in [2.45, 2.75) is 26.2 Å². The molecule has 0 fully saturated rings. The second-order valence-corrected chi connectivity index (χ2v) is 6.02. The highest BCUT2D eigenvalue weighted by molar-refractivity contribution is 7.11. The summed E-state index contributed by atoms with van der Waals surface area (Å²) in [5.41, 5.74) is 2.56. The van der Waals surface area contributed by atoms with Crippen LogP contribution in [0, 0.1) is 12.8 Å². The fourth-order valence-corrected chi connectivity index (χ4v) is 3.23.